The van der Waals surface area contributed by atoms with Crippen LogP contribution in [0.2, 0.25) is 0 Å². The van der Waals surface area contributed by atoms with Crippen LogP contribution in [0.1, 0.15) is 13.3 Å². The Hall–Kier alpha value is -2.22. The molecule has 0 radical (unpaired) electrons. The maximum Gasteiger partial charge on any atom is 0.180 e. The Kier molecular flexibility index (Phi) is 2.88. The van der Waals surface area contributed by atoms with Crippen LogP contribution < -0.4 is 5.32 Å². The van der Waals surface area contributed by atoms with Crippen molar-refractivity contribution in [2.24, 2.45) is 4.99 Å². The van der Waals surface area contributed by atoms with Crippen LogP contribution in [0, 0.1) is 11.3 Å². The van der Waals surface area contributed by atoms with Gasteiger partial charge in [-0.1, -0.05) is 5.57 Å². The number of hydrogen-bond acceptors (Lipinski definition) is 4. The molecule has 17 heavy (non-hydrogen) atoms. The maximum atomic E-state index is 14.1. The van der Waals surface area contributed by atoms with Gasteiger partial charge in [-0.05, 0) is 13.0 Å². The third kappa shape index (κ3) is 1.89. The number of carbonyl (C=O) groups excluding carboxylic acids is 1. The first kappa shape index (κ1) is 11.3. The lowest BCUT2D eigenvalue weighted by molar-refractivity contribution is -0.114. The number of hydrogen-bond donors (Lipinski definition) is 1. The summed E-state index contributed by atoms with van der Waals surface area (Å²) >= 11 is 0. The molecule has 5 heteroatoms. The first-order valence-electron chi connectivity index (χ1n) is 5.12. The van der Waals surface area contributed by atoms with Crippen molar-refractivity contribution in [1.29, 1.82) is 5.26 Å². The van der Waals surface area contributed by atoms with Gasteiger partial charge in [0, 0.05) is 23.9 Å². The fourth-order valence-electron chi connectivity index (χ4n) is 1.85. The molecule has 1 heterocycles. The van der Waals surface area contributed by atoms with Gasteiger partial charge in [0.1, 0.15) is 18.3 Å². The van der Waals surface area contributed by atoms with Crippen molar-refractivity contribution >= 4 is 12.0 Å². The summed E-state index contributed by atoms with van der Waals surface area (Å²) in [5.74, 6) is -1.20. The van der Waals surface area contributed by atoms with Crippen molar-refractivity contribution in [3.63, 3.8) is 0 Å². The van der Waals surface area contributed by atoms with Crippen molar-refractivity contribution in [3.05, 3.63) is 34.3 Å². The number of nitriles is 1. The monoisotopic (exact) mass is 231 g/mol. The summed E-state index contributed by atoms with van der Waals surface area (Å²) < 4.78 is 14.1. The van der Waals surface area contributed by atoms with Crippen LogP contribution in [0.5, 0.6) is 0 Å². The first-order valence-corrected chi connectivity index (χ1v) is 5.12. The second kappa shape index (κ2) is 4.34. The number of Topliss-reactive ketones (excluding diaryl/α,β-unsaturated/α-hetero) is 1. The molecule has 0 saturated heterocycles. The first-order chi connectivity index (χ1) is 8.15. The van der Waals surface area contributed by atoms with Gasteiger partial charge in [-0.15, -0.1) is 0 Å². The van der Waals surface area contributed by atoms with E-state index >= 15 is 0 Å². The van der Waals surface area contributed by atoms with Crippen molar-refractivity contribution in [1.82, 2.24) is 5.32 Å². The predicted molar refractivity (Wildman–Crippen MR) is 60.6 cm³/mol. The van der Waals surface area contributed by atoms with Crippen LogP contribution in [0.25, 0.3) is 0 Å². The van der Waals surface area contributed by atoms with E-state index in [1.807, 2.05) is 0 Å². The van der Waals surface area contributed by atoms with E-state index in [1.54, 1.807) is 25.3 Å². The SMILES string of the molecule is CC1=C(C2=CC=NCN2)C(F)=C(C#N)C(=O)C1. The van der Waals surface area contributed by atoms with Crippen molar-refractivity contribution in [2.45, 2.75) is 13.3 Å². The fraction of sp³-hybridized carbons (Fsp3) is 0.250. The van der Waals surface area contributed by atoms with Crippen molar-refractivity contribution in [3.8, 4) is 6.07 Å². The highest BCUT2D eigenvalue weighted by molar-refractivity contribution is 6.03. The molecule has 2 rings (SSSR count). The van der Waals surface area contributed by atoms with Gasteiger partial charge in [0.2, 0.25) is 0 Å². The third-order valence-corrected chi connectivity index (χ3v) is 2.66. The van der Waals surface area contributed by atoms with E-state index in [0.717, 1.165) is 0 Å². The summed E-state index contributed by atoms with van der Waals surface area (Å²) in [5, 5.41) is 11.7. The molecule has 1 N–H and O–H groups in total. The summed E-state index contributed by atoms with van der Waals surface area (Å²) in [6.45, 7) is 2.06. The highest BCUT2D eigenvalue weighted by Crippen LogP contribution is 2.32. The number of aliphatic imine (C=N–C) groups is 1. The minimum atomic E-state index is -0.740. The van der Waals surface area contributed by atoms with Gasteiger partial charge in [0.25, 0.3) is 0 Å². The topological polar surface area (TPSA) is 65.2 Å². The van der Waals surface area contributed by atoms with Crippen LogP contribution in [-0.4, -0.2) is 18.7 Å². The van der Waals surface area contributed by atoms with Crippen LogP contribution in [0.3, 0.4) is 0 Å². The summed E-state index contributed by atoms with van der Waals surface area (Å²) in [6, 6.07) is 1.63. The van der Waals surface area contributed by atoms with Gasteiger partial charge in [-0.25, -0.2) is 4.39 Å². The number of ketones is 1. The molecule has 0 spiro atoms. The summed E-state index contributed by atoms with van der Waals surface area (Å²) in [7, 11) is 0. The molecule has 1 aliphatic heterocycles. The lowest BCUT2D eigenvalue weighted by Crippen LogP contribution is -2.22. The molecule has 0 saturated carbocycles. The van der Waals surface area contributed by atoms with Gasteiger partial charge in [-0.3, -0.25) is 9.79 Å². The Balaban J connectivity index is 2.53. The van der Waals surface area contributed by atoms with Gasteiger partial charge < -0.3 is 5.32 Å². The summed E-state index contributed by atoms with van der Waals surface area (Å²) in [4.78, 5) is 15.4. The molecular formula is C12H10FN3O. The van der Waals surface area contributed by atoms with Gasteiger partial charge in [0.15, 0.2) is 11.6 Å². The Morgan fingerprint density at radius 3 is 2.94 bits per heavy atom. The molecule has 0 amide bonds. The number of allylic oxidation sites excluding steroid dienone is 4. The second-order valence-corrected chi connectivity index (χ2v) is 3.80. The number of halogens is 1. The molecule has 0 aromatic carbocycles. The Morgan fingerprint density at radius 1 is 1.59 bits per heavy atom. The number of nitrogens with one attached hydrogen (secondary N) is 1. The molecule has 0 aromatic heterocycles. The van der Waals surface area contributed by atoms with E-state index in [9.17, 15) is 9.18 Å². The molecule has 0 bridgehead atoms. The average Bonchev–Trinajstić information content (AvgIpc) is 2.30. The molecular weight excluding hydrogens is 221 g/mol. The average molecular weight is 231 g/mol. The highest BCUT2D eigenvalue weighted by Gasteiger charge is 2.28. The standard InChI is InChI=1S/C12H10FN3O/c1-7-4-10(17)8(5-14)12(13)11(7)9-2-3-15-6-16-9/h2-3,16H,4,6H2,1H3. The Morgan fingerprint density at radius 2 is 2.35 bits per heavy atom. The second-order valence-electron chi connectivity index (χ2n) is 3.80. The molecule has 0 fully saturated rings. The van der Waals surface area contributed by atoms with E-state index in [4.69, 9.17) is 5.26 Å². The number of rotatable bonds is 1. The summed E-state index contributed by atoms with van der Waals surface area (Å²) in [5.41, 5.74) is 1.11. The van der Waals surface area contributed by atoms with Gasteiger partial charge in [-0.2, -0.15) is 5.26 Å². The maximum absolute atomic E-state index is 14.1. The van der Waals surface area contributed by atoms with Crippen molar-refractivity contribution < 1.29 is 9.18 Å². The Bertz CT molecular complexity index is 547. The van der Waals surface area contributed by atoms with E-state index in [2.05, 4.69) is 10.3 Å². The molecule has 4 nitrogen and oxygen atoms in total. The molecule has 0 aromatic rings. The number of nitrogens with zero attached hydrogens (tertiary/aromatic N) is 2. The molecule has 86 valence electrons. The van der Waals surface area contributed by atoms with Gasteiger partial charge in [0.05, 0.1) is 0 Å². The van der Waals surface area contributed by atoms with Crippen LogP contribution in [-0.2, 0) is 4.79 Å². The van der Waals surface area contributed by atoms with E-state index in [1.165, 1.54) is 0 Å². The fourth-order valence-corrected chi connectivity index (χ4v) is 1.85. The van der Waals surface area contributed by atoms with Crippen molar-refractivity contribution in [2.75, 3.05) is 6.67 Å². The zero-order valence-electron chi connectivity index (χ0n) is 9.25. The quantitative estimate of drug-likeness (QED) is 0.744. The largest absolute Gasteiger partial charge is 0.366 e. The smallest absolute Gasteiger partial charge is 0.180 e. The normalized spacial score (nSPS) is 20.1. The zero-order chi connectivity index (χ0) is 12.4. The minimum Gasteiger partial charge on any atom is -0.366 e. The summed E-state index contributed by atoms with van der Waals surface area (Å²) in [6.07, 6.45) is 3.29. The van der Waals surface area contributed by atoms with Crippen LogP contribution >= 0.6 is 0 Å². The molecule has 1 aliphatic carbocycles. The lowest BCUT2D eigenvalue weighted by atomic mass is 9.89. The minimum absolute atomic E-state index is 0.0851. The Labute approximate surface area is 97.8 Å². The third-order valence-electron chi connectivity index (χ3n) is 2.66. The zero-order valence-corrected chi connectivity index (χ0v) is 9.25. The van der Waals surface area contributed by atoms with E-state index in [0.29, 0.717) is 23.5 Å². The molecule has 0 atom stereocenters. The predicted octanol–water partition coefficient (Wildman–Crippen LogP) is 1.54. The van der Waals surface area contributed by atoms with Gasteiger partial charge >= 0.3 is 0 Å². The van der Waals surface area contributed by atoms with Crippen LogP contribution in [0.15, 0.2) is 39.3 Å². The van der Waals surface area contributed by atoms with Crippen LogP contribution in [0.4, 0.5) is 4.39 Å². The van der Waals surface area contributed by atoms with E-state index < -0.39 is 17.2 Å². The highest BCUT2D eigenvalue weighted by atomic mass is 19.1. The van der Waals surface area contributed by atoms with E-state index in [-0.39, 0.29) is 6.42 Å². The number of carbonyl (C=O) groups is 1. The lowest BCUT2D eigenvalue weighted by Gasteiger charge is -2.20. The molecule has 0 unspecified atom stereocenters. The molecule has 2 aliphatic rings.